The number of hydrogen-bond donors (Lipinski definition) is 5. The fraction of sp³-hybridized carbons (Fsp3) is 0.161. The topological polar surface area (TPSA) is 357 Å². The van der Waals surface area contributed by atoms with Crippen LogP contribution in [0.5, 0.6) is 0 Å². The Kier molecular flexibility index (Phi) is 21.9. The van der Waals surface area contributed by atoms with E-state index in [-0.39, 0.29) is 46.4 Å². The molecule has 0 bridgehead atoms. The first-order chi connectivity index (χ1) is 47.2. The third-order valence-corrected chi connectivity index (χ3v) is 24.9. The molecule has 36 heteroatoms. The number of thiazole rings is 2. The lowest BCUT2D eigenvalue weighted by molar-refractivity contribution is 0.259. The Morgan fingerprint density at radius 1 is 0.520 bits per heavy atom. The molecule has 98 heavy (non-hydrogen) atoms. The van der Waals surface area contributed by atoms with Crippen molar-refractivity contribution >= 4 is 140 Å². The highest BCUT2D eigenvalue weighted by Crippen LogP contribution is 2.32. The van der Waals surface area contributed by atoms with Gasteiger partial charge in [-0.2, -0.15) is 4.72 Å². The quantitative estimate of drug-likeness (QED) is 0.0600. The van der Waals surface area contributed by atoms with E-state index in [0.717, 1.165) is 47.2 Å². The van der Waals surface area contributed by atoms with Crippen molar-refractivity contribution in [3.63, 3.8) is 0 Å². The van der Waals surface area contributed by atoms with Crippen LogP contribution in [0.15, 0.2) is 182 Å². The number of hydrogen-bond acceptors (Lipinski definition) is 26. The summed E-state index contributed by atoms with van der Waals surface area (Å²) in [4.78, 5) is 45.0. The summed E-state index contributed by atoms with van der Waals surface area (Å²) in [5, 5.41) is 24.0. The average Bonchev–Trinajstić information content (AvgIpc) is 1.60. The van der Waals surface area contributed by atoms with Gasteiger partial charge in [0.1, 0.15) is 10.7 Å². The van der Waals surface area contributed by atoms with E-state index in [4.69, 9.17) is 23.2 Å². The molecule has 9 aromatic heterocycles. The van der Waals surface area contributed by atoms with Gasteiger partial charge in [-0.3, -0.25) is 39.9 Å². The van der Waals surface area contributed by atoms with Crippen LogP contribution in [0, 0.1) is 6.92 Å². The molecule has 1 atom stereocenters. The van der Waals surface area contributed by atoms with Crippen LogP contribution in [0.2, 0.25) is 10.0 Å². The highest BCUT2D eigenvalue weighted by molar-refractivity contribution is 8.06. The van der Waals surface area contributed by atoms with Crippen LogP contribution in [-0.4, -0.2) is 105 Å². The predicted molar refractivity (Wildman–Crippen MR) is 384 cm³/mol. The van der Waals surface area contributed by atoms with Gasteiger partial charge in [0.05, 0.1) is 94.3 Å². The van der Waals surface area contributed by atoms with E-state index in [2.05, 4.69) is 78.3 Å². The number of aromatic nitrogens is 8. The number of aliphatic hydroxyl groups excluding tert-OH is 1. The molecule has 4 aliphatic rings. The van der Waals surface area contributed by atoms with E-state index in [9.17, 15) is 38.8 Å². The van der Waals surface area contributed by atoms with Crippen LogP contribution in [-0.2, 0) is 85.9 Å². The van der Waals surface area contributed by atoms with Gasteiger partial charge in [0.15, 0.2) is 20.2 Å². The highest BCUT2D eigenvalue weighted by atomic mass is 35.5. The molecule has 4 aliphatic heterocycles. The summed E-state index contributed by atoms with van der Waals surface area (Å²) in [6, 6.07) is 32.7. The zero-order valence-electron chi connectivity index (χ0n) is 50.8. The third kappa shape index (κ3) is 16.7. The number of thiophene rings is 2. The Morgan fingerprint density at radius 3 is 1.52 bits per heavy atom. The maximum absolute atomic E-state index is 12.7. The summed E-state index contributed by atoms with van der Waals surface area (Å²) < 4.78 is 115. The molecule has 13 heterocycles. The van der Waals surface area contributed by atoms with E-state index >= 15 is 0 Å². The second-order valence-corrected chi connectivity index (χ2v) is 33.3. The van der Waals surface area contributed by atoms with Crippen LogP contribution >= 0.6 is 80.1 Å². The zero-order valence-corrected chi connectivity index (χ0v) is 59.7. The minimum atomic E-state index is -3.94. The molecule has 2 aromatic carbocycles. The second kappa shape index (κ2) is 30.7. The van der Waals surface area contributed by atoms with E-state index in [1.54, 1.807) is 108 Å². The first-order valence-corrected chi connectivity index (χ1v) is 40.1. The van der Waals surface area contributed by atoms with Crippen LogP contribution in [0.4, 0.5) is 0 Å². The van der Waals surface area contributed by atoms with Gasteiger partial charge in [0.25, 0.3) is 40.1 Å². The average molecular weight is 1520 g/mol. The Labute approximate surface area is 592 Å². The number of aliphatic hydroxyl groups is 1. The summed E-state index contributed by atoms with van der Waals surface area (Å²) in [7, 11) is -15.0. The molecule has 0 spiro atoms. The largest absolute Gasteiger partial charge is 0.394 e. The maximum atomic E-state index is 12.7. The van der Waals surface area contributed by atoms with Crippen LogP contribution in [0.3, 0.4) is 0 Å². The van der Waals surface area contributed by atoms with Crippen molar-refractivity contribution in [2.24, 2.45) is 20.0 Å². The van der Waals surface area contributed by atoms with E-state index in [0.29, 0.717) is 86.0 Å². The molecule has 0 amide bonds. The Hall–Kier alpha value is -7.88. The Morgan fingerprint density at radius 2 is 1.04 bits per heavy atom. The van der Waals surface area contributed by atoms with Gasteiger partial charge >= 0.3 is 0 Å². The van der Waals surface area contributed by atoms with Gasteiger partial charge in [-0.25, -0.2) is 57.8 Å². The number of sulfonamides is 4. The Bertz CT molecular complexity index is 5320. The van der Waals surface area contributed by atoms with Gasteiger partial charge < -0.3 is 5.11 Å². The molecule has 11 aromatic rings. The molecule has 0 saturated carbocycles. The number of halogens is 2. The van der Waals surface area contributed by atoms with Crippen molar-refractivity contribution in [1.82, 2.24) is 58.4 Å². The van der Waals surface area contributed by atoms with Crippen LogP contribution in [0.1, 0.15) is 77.8 Å². The molecule has 502 valence electrons. The van der Waals surface area contributed by atoms with Crippen LogP contribution in [0.25, 0.3) is 31.7 Å². The van der Waals surface area contributed by atoms with Crippen molar-refractivity contribution in [3.8, 4) is 31.7 Å². The number of fused-ring (bicyclic) bond motifs is 4. The van der Waals surface area contributed by atoms with Crippen molar-refractivity contribution in [3.05, 3.63) is 243 Å². The van der Waals surface area contributed by atoms with Gasteiger partial charge in [-0.15, -0.1) is 50.4 Å². The second-order valence-electron chi connectivity index (χ2n) is 21.1. The summed E-state index contributed by atoms with van der Waals surface area (Å²) in [5.41, 5.74) is 9.54. The SMILES string of the molecule is Cc1nc(-c2ccc(CNS(=O)(=O)C3=NCc4ncccc43)s2)cs1.O=S(=O)(NC(CO)c1cc(Cl)cc(Cl)c1)C1=NCc2ncccc21.O=S(=O)(NCc1ccc(-c2csnn2)cc1)C1=NCc2ncccc21.O=S(=O)(NCc1csc(-c2cccs2)n1)C1=NCc2ncccc21. The summed E-state index contributed by atoms with van der Waals surface area (Å²) in [5.74, 6) is 0. The summed E-state index contributed by atoms with van der Waals surface area (Å²) in [6.45, 7) is 3.16. The van der Waals surface area contributed by atoms with Crippen molar-refractivity contribution < 1.29 is 38.8 Å². The minimum absolute atomic E-state index is 0.0549. The molecule has 0 saturated heterocycles. The van der Waals surface area contributed by atoms with Gasteiger partial charge in [0, 0.05) is 96.8 Å². The number of pyridine rings is 4. The molecular weight excluding hydrogens is 1470 g/mol. The highest BCUT2D eigenvalue weighted by Gasteiger charge is 2.33. The standard InChI is InChI=1S/C16H13N5O2S2.C16H14N4O2S3.C15H13Cl2N3O3S.C15H12N4O2S3/c22-25(23,16-13-2-1-7-17-14(13)9-18-16)19-8-11-3-5-12(6-4-11)15-10-24-21-20-15;1-10-20-14(9-23-10)15-5-4-11(24-15)7-19-25(21,22)16-12-3-2-6-17-13(12)8-18-16;16-10-4-9(5-11(17)6-10)14(8-21)20-24(22,23)15-12-2-1-3-18-13(12)7-19-15;20-24(21,15-11-3-1-5-16-12(11)8-17-15)18-7-10-9-23-14(19-10)13-4-2-6-22-13/h1-7,10,19H,8-9H2;2-6,9,19H,7-8H2,1H3;1-6,14,20-21H,7-8H2;1-6,9,18H,7-8H2. The van der Waals surface area contributed by atoms with E-state index in [1.165, 1.54) is 40.3 Å². The van der Waals surface area contributed by atoms with Crippen molar-refractivity contribution in [2.45, 2.75) is 58.8 Å². The molecular formula is C62H52Cl2N16O9S9. The third-order valence-electron chi connectivity index (χ3n) is 14.5. The monoisotopic (exact) mass is 1520 g/mol. The van der Waals surface area contributed by atoms with Crippen molar-refractivity contribution in [2.75, 3.05) is 6.61 Å². The number of nitrogens with one attached hydrogen (secondary N) is 4. The summed E-state index contributed by atoms with van der Waals surface area (Å²) in [6.07, 6.45) is 6.50. The maximum Gasteiger partial charge on any atom is 0.258 e. The fourth-order valence-electron chi connectivity index (χ4n) is 9.90. The van der Waals surface area contributed by atoms with Crippen molar-refractivity contribution in [1.29, 1.82) is 0 Å². The van der Waals surface area contributed by atoms with Gasteiger partial charge in [0.2, 0.25) is 0 Å². The lowest BCUT2D eigenvalue weighted by atomic mass is 10.1. The first-order valence-electron chi connectivity index (χ1n) is 29.1. The van der Waals surface area contributed by atoms with E-state index < -0.39 is 52.7 Å². The van der Waals surface area contributed by atoms with Gasteiger partial charge in [-0.05, 0) is 120 Å². The minimum Gasteiger partial charge on any atom is -0.394 e. The first kappa shape index (κ1) is 70.0. The smallest absolute Gasteiger partial charge is 0.258 e. The lowest BCUT2D eigenvalue weighted by Crippen LogP contribution is -2.35. The molecule has 0 radical (unpaired) electrons. The van der Waals surface area contributed by atoms with Gasteiger partial charge in [-0.1, -0.05) is 58.0 Å². The summed E-state index contributed by atoms with van der Waals surface area (Å²) >= 11 is 19.4. The number of aryl methyl sites for hydroxylation is 1. The molecule has 25 nitrogen and oxygen atoms in total. The zero-order chi connectivity index (χ0) is 68.6. The molecule has 0 aliphatic carbocycles. The number of benzene rings is 2. The Balaban J connectivity index is 0.000000124. The molecule has 1 unspecified atom stereocenters. The van der Waals surface area contributed by atoms with Crippen LogP contribution < -0.4 is 18.9 Å². The van der Waals surface area contributed by atoms with E-state index in [1.807, 2.05) is 77.0 Å². The fourth-order valence-corrected chi connectivity index (χ4v) is 19.2. The molecule has 5 N–H and O–H groups in total. The normalized spacial score (nSPS) is 14.0. The number of aliphatic imine (C=N–C) groups is 4. The lowest BCUT2D eigenvalue weighted by Gasteiger charge is -2.17. The number of nitrogens with zero attached hydrogens (tertiary/aromatic N) is 12. The number of rotatable bonds is 16. The molecule has 0 fully saturated rings. The molecule has 15 rings (SSSR count). The predicted octanol–water partition coefficient (Wildman–Crippen LogP) is 9.88.